The van der Waals surface area contributed by atoms with Gasteiger partial charge in [0.2, 0.25) is 0 Å². The molecule has 2 N–H and O–H groups in total. The van der Waals surface area contributed by atoms with Crippen molar-refractivity contribution in [2.24, 2.45) is 0 Å². The lowest BCUT2D eigenvalue weighted by atomic mass is 10.1. The Kier molecular flexibility index (Phi) is 2.93. The third kappa shape index (κ3) is 3.06. The summed E-state index contributed by atoms with van der Waals surface area (Å²) in [4.78, 5) is 0. The van der Waals surface area contributed by atoms with Gasteiger partial charge in [-0.15, -0.1) is 0 Å². The number of methoxy groups -OCH3 is 1. The zero-order valence-corrected chi connectivity index (χ0v) is 8.45. The molecule has 0 saturated carbocycles. The zero-order chi connectivity index (χ0) is 9.90. The van der Waals surface area contributed by atoms with E-state index in [0.717, 1.165) is 13.0 Å². The van der Waals surface area contributed by atoms with Crippen LogP contribution in [0.15, 0.2) is 12.4 Å². The Morgan fingerprint density at radius 2 is 2.31 bits per heavy atom. The van der Waals surface area contributed by atoms with Gasteiger partial charge in [-0.3, -0.25) is 4.68 Å². The number of nitrogens with two attached hydrogens (primary N) is 1. The van der Waals surface area contributed by atoms with E-state index in [1.165, 1.54) is 0 Å². The normalized spacial score (nSPS) is 11.9. The molecule has 0 aliphatic rings. The number of aryl methyl sites for hydroxylation is 1. The Bertz CT molecular complexity index is 268. The van der Waals surface area contributed by atoms with Gasteiger partial charge >= 0.3 is 0 Å². The summed E-state index contributed by atoms with van der Waals surface area (Å²) in [5.41, 5.74) is 6.14. The molecule has 13 heavy (non-hydrogen) atoms. The second-order valence-electron chi connectivity index (χ2n) is 3.75. The quantitative estimate of drug-likeness (QED) is 0.765. The molecule has 0 aromatic carbocycles. The lowest BCUT2D eigenvalue weighted by Crippen LogP contribution is -2.24. The summed E-state index contributed by atoms with van der Waals surface area (Å²) in [5, 5.41) is 4.09. The van der Waals surface area contributed by atoms with E-state index in [0.29, 0.717) is 5.69 Å². The number of ether oxygens (including phenoxy) is 1. The highest BCUT2D eigenvalue weighted by molar-refractivity contribution is 5.30. The molecule has 0 spiro atoms. The van der Waals surface area contributed by atoms with E-state index in [1.807, 2.05) is 10.9 Å². The van der Waals surface area contributed by atoms with Crippen LogP contribution in [0.4, 0.5) is 5.69 Å². The first-order chi connectivity index (χ1) is 6.03. The second-order valence-corrected chi connectivity index (χ2v) is 3.75. The molecule has 0 aliphatic heterocycles. The molecule has 4 heteroatoms. The first-order valence-corrected chi connectivity index (χ1v) is 4.36. The van der Waals surface area contributed by atoms with Gasteiger partial charge < -0.3 is 10.5 Å². The van der Waals surface area contributed by atoms with Crippen molar-refractivity contribution >= 4 is 5.69 Å². The van der Waals surface area contributed by atoms with Crippen LogP contribution >= 0.6 is 0 Å². The van der Waals surface area contributed by atoms with Gasteiger partial charge in [0, 0.05) is 19.9 Å². The number of hydrogen-bond acceptors (Lipinski definition) is 3. The van der Waals surface area contributed by atoms with Crippen LogP contribution in [-0.2, 0) is 11.3 Å². The van der Waals surface area contributed by atoms with Crippen LogP contribution in [0.5, 0.6) is 0 Å². The van der Waals surface area contributed by atoms with Crippen molar-refractivity contribution < 1.29 is 4.74 Å². The summed E-state index contributed by atoms with van der Waals surface area (Å²) in [6.07, 6.45) is 4.40. The molecule has 0 aliphatic carbocycles. The maximum Gasteiger partial charge on any atom is 0.0719 e. The third-order valence-electron chi connectivity index (χ3n) is 2.15. The Labute approximate surface area is 78.7 Å². The molecule has 1 heterocycles. The maximum absolute atomic E-state index is 5.54. The standard InChI is InChI=1S/C9H17N3O/c1-9(2,13-3)4-5-12-7-8(10)6-11-12/h6-7H,4-5,10H2,1-3H3. The predicted molar refractivity (Wildman–Crippen MR) is 52.3 cm³/mol. The summed E-state index contributed by atoms with van der Waals surface area (Å²) in [7, 11) is 1.72. The summed E-state index contributed by atoms with van der Waals surface area (Å²) < 4.78 is 7.12. The van der Waals surface area contributed by atoms with E-state index in [-0.39, 0.29) is 5.60 Å². The molecule has 4 nitrogen and oxygen atoms in total. The highest BCUT2D eigenvalue weighted by Gasteiger charge is 2.15. The third-order valence-corrected chi connectivity index (χ3v) is 2.15. The van der Waals surface area contributed by atoms with Crippen molar-refractivity contribution in [1.29, 1.82) is 0 Å². The van der Waals surface area contributed by atoms with Crippen LogP contribution in [-0.4, -0.2) is 22.5 Å². The van der Waals surface area contributed by atoms with Crippen LogP contribution in [0.2, 0.25) is 0 Å². The van der Waals surface area contributed by atoms with E-state index >= 15 is 0 Å². The predicted octanol–water partition coefficient (Wildman–Crippen LogP) is 1.28. The largest absolute Gasteiger partial charge is 0.396 e. The van der Waals surface area contributed by atoms with Gasteiger partial charge in [-0.25, -0.2) is 0 Å². The molecule has 0 unspecified atom stereocenters. The van der Waals surface area contributed by atoms with Crippen molar-refractivity contribution in [2.45, 2.75) is 32.4 Å². The molecule has 1 rings (SSSR count). The average Bonchev–Trinajstić information content (AvgIpc) is 2.48. The summed E-state index contributed by atoms with van der Waals surface area (Å²) >= 11 is 0. The average molecular weight is 183 g/mol. The Hall–Kier alpha value is -1.03. The molecule has 74 valence electrons. The molecule has 0 fully saturated rings. The fourth-order valence-corrected chi connectivity index (χ4v) is 0.988. The minimum Gasteiger partial charge on any atom is -0.396 e. The monoisotopic (exact) mass is 183 g/mol. The lowest BCUT2D eigenvalue weighted by Gasteiger charge is -2.22. The number of rotatable bonds is 4. The van der Waals surface area contributed by atoms with E-state index in [2.05, 4.69) is 18.9 Å². The second kappa shape index (κ2) is 3.79. The van der Waals surface area contributed by atoms with Crippen LogP contribution in [0, 0.1) is 0 Å². The van der Waals surface area contributed by atoms with Crippen LogP contribution < -0.4 is 5.73 Å². The molecule has 0 bridgehead atoms. The summed E-state index contributed by atoms with van der Waals surface area (Å²) in [6, 6.07) is 0. The Morgan fingerprint density at radius 1 is 1.62 bits per heavy atom. The van der Waals surface area contributed by atoms with E-state index in [1.54, 1.807) is 13.3 Å². The minimum atomic E-state index is -0.0965. The van der Waals surface area contributed by atoms with Crippen molar-refractivity contribution in [1.82, 2.24) is 9.78 Å². The molecule has 0 amide bonds. The smallest absolute Gasteiger partial charge is 0.0719 e. The van der Waals surface area contributed by atoms with Gasteiger partial charge in [-0.2, -0.15) is 5.10 Å². The number of nitrogens with zero attached hydrogens (tertiary/aromatic N) is 2. The Morgan fingerprint density at radius 3 is 2.77 bits per heavy atom. The first-order valence-electron chi connectivity index (χ1n) is 4.36. The number of nitrogen functional groups attached to an aromatic ring is 1. The van der Waals surface area contributed by atoms with Crippen molar-refractivity contribution in [3.05, 3.63) is 12.4 Å². The fraction of sp³-hybridized carbons (Fsp3) is 0.667. The van der Waals surface area contributed by atoms with Crippen molar-refractivity contribution in [2.75, 3.05) is 12.8 Å². The highest BCUT2D eigenvalue weighted by atomic mass is 16.5. The minimum absolute atomic E-state index is 0.0965. The van der Waals surface area contributed by atoms with Crippen LogP contribution in [0.25, 0.3) is 0 Å². The SMILES string of the molecule is COC(C)(C)CCn1cc(N)cn1. The van der Waals surface area contributed by atoms with Crippen molar-refractivity contribution in [3.8, 4) is 0 Å². The molecule has 0 radical (unpaired) electrons. The molecule has 0 atom stereocenters. The van der Waals surface area contributed by atoms with E-state index < -0.39 is 0 Å². The van der Waals surface area contributed by atoms with Gasteiger partial charge in [0.25, 0.3) is 0 Å². The van der Waals surface area contributed by atoms with E-state index in [4.69, 9.17) is 10.5 Å². The number of hydrogen-bond donors (Lipinski definition) is 1. The van der Waals surface area contributed by atoms with Gasteiger partial charge in [0.15, 0.2) is 0 Å². The van der Waals surface area contributed by atoms with Crippen LogP contribution in [0.1, 0.15) is 20.3 Å². The van der Waals surface area contributed by atoms with Gasteiger partial charge in [-0.05, 0) is 20.3 Å². The summed E-state index contributed by atoms with van der Waals surface area (Å²) in [6.45, 7) is 4.94. The van der Waals surface area contributed by atoms with Gasteiger partial charge in [0.05, 0.1) is 17.5 Å². The number of anilines is 1. The summed E-state index contributed by atoms with van der Waals surface area (Å²) in [5.74, 6) is 0. The molecular formula is C9H17N3O. The topological polar surface area (TPSA) is 53.1 Å². The van der Waals surface area contributed by atoms with E-state index in [9.17, 15) is 0 Å². The molecule has 0 saturated heterocycles. The van der Waals surface area contributed by atoms with Gasteiger partial charge in [-0.1, -0.05) is 0 Å². The van der Waals surface area contributed by atoms with Gasteiger partial charge in [0.1, 0.15) is 0 Å². The van der Waals surface area contributed by atoms with Crippen molar-refractivity contribution in [3.63, 3.8) is 0 Å². The molecular weight excluding hydrogens is 166 g/mol. The first kappa shape index (κ1) is 10.1. The Balaban J connectivity index is 2.43. The molecule has 1 aromatic heterocycles. The maximum atomic E-state index is 5.54. The lowest BCUT2D eigenvalue weighted by molar-refractivity contribution is 0.0113. The molecule has 1 aromatic rings. The highest BCUT2D eigenvalue weighted by Crippen LogP contribution is 2.14. The van der Waals surface area contributed by atoms with Crippen LogP contribution in [0.3, 0.4) is 0 Å². The number of aromatic nitrogens is 2. The fourth-order valence-electron chi connectivity index (χ4n) is 0.988. The zero-order valence-electron chi connectivity index (χ0n) is 8.45.